The highest BCUT2D eigenvalue weighted by molar-refractivity contribution is 6.01. The van der Waals surface area contributed by atoms with E-state index in [1.807, 2.05) is 54.4 Å². The van der Waals surface area contributed by atoms with Crippen molar-refractivity contribution in [2.24, 2.45) is 0 Å². The Morgan fingerprint density at radius 3 is 2.62 bits per heavy atom. The van der Waals surface area contributed by atoms with E-state index in [0.717, 1.165) is 66.5 Å². The van der Waals surface area contributed by atoms with E-state index < -0.39 is 0 Å². The van der Waals surface area contributed by atoms with Crippen LogP contribution in [0.5, 0.6) is 0 Å². The minimum Gasteiger partial charge on any atom is -0.373 e. The summed E-state index contributed by atoms with van der Waals surface area (Å²) in [6.07, 6.45) is 1.83. The molecular formula is C26H29N5O. The minimum atomic E-state index is 0.0837. The topological polar surface area (TPSA) is 61.4 Å². The van der Waals surface area contributed by atoms with Crippen molar-refractivity contribution in [1.29, 1.82) is 0 Å². The molecule has 5 rings (SSSR count). The normalized spacial score (nSPS) is 18.4. The first-order valence-corrected chi connectivity index (χ1v) is 11.3. The first-order valence-electron chi connectivity index (χ1n) is 11.3. The lowest BCUT2D eigenvalue weighted by Crippen LogP contribution is -2.30. The molecule has 1 unspecified atom stereocenters. The highest BCUT2D eigenvalue weighted by Gasteiger charge is 2.32. The van der Waals surface area contributed by atoms with Gasteiger partial charge in [0.1, 0.15) is 11.6 Å². The number of rotatable bonds is 4. The van der Waals surface area contributed by atoms with Crippen LogP contribution in [0.15, 0.2) is 54.6 Å². The lowest BCUT2D eigenvalue weighted by Gasteiger charge is -2.26. The van der Waals surface area contributed by atoms with Crippen molar-refractivity contribution in [3.05, 3.63) is 77.2 Å². The summed E-state index contributed by atoms with van der Waals surface area (Å²) in [5, 5.41) is 3.27. The molecule has 1 fully saturated rings. The van der Waals surface area contributed by atoms with Crippen LogP contribution in [0, 0.1) is 0 Å². The van der Waals surface area contributed by atoms with Crippen molar-refractivity contribution in [3.63, 3.8) is 0 Å². The van der Waals surface area contributed by atoms with Gasteiger partial charge in [0, 0.05) is 56.7 Å². The number of nitrogens with zero attached hydrogens (tertiary/aromatic N) is 4. The number of carbonyl (C=O) groups is 1. The second-order valence-corrected chi connectivity index (χ2v) is 8.74. The Morgan fingerprint density at radius 2 is 1.81 bits per heavy atom. The van der Waals surface area contributed by atoms with E-state index >= 15 is 0 Å². The summed E-state index contributed by atoms with van der Waals surface area (Å²) in [4.78, 5) is 27.6. The van der Waals surface area contributed by atoms with Crippen molar-refractivity contribution in [1.82, 2.24) is 19.8 Å². The molecule has 0 aliphatic carbocycles. The maximum absolute atomic E-state index is 13.5. The van der Waals surface area contributed by atoms with Gasteiger partial charge in [0.15, 0.2) is 0 Å². The highest BCUT2D eigenvalue weighted by Crippen LogP contribution is 2.32. The molecule has 3 aromatic rings. The number of hydrogen-bond donors (Lipinski definition) is 1. The monoisotopic (exact) mass is 427 g/mol. The summed E-state index contributed by atoms with van der Waals surface area (Å²) < 4.78 is 0. The minimum absolute atomic E-state index is 0.0837. The number of benzene rings is 2. The summed E-state index contributed by atoms with van der Waals surface area (Å²) in [5.74, 6) is 2.04. The van der Waals surface area contributed by atoms with Gasteiger partial charge in [0.2, 0.25) is 0 Å². The Kier molecular flexibility index (Phi) is 5.62. The highest BCUT2D eigenvalue weighted by atomic mass is 16.2. The molecule has 32 heavy (non-hydrogen) atoms. The van der Waals surface area contributed by atoms with Gasteiger partial charge in [-0.25, -0.2) is 9.97 Å². The Hall–Kier alpha value is -3.25. The van der Waals surface area contributed by atoms with Gasteiger partial charge >= 0.3 is 0 Å². The van der Waals surface area contributed by atoms with E-state index in [2.05, 4.69) is 29.4 Å². The first-order chi connectivity index (χ1) is 15.6. The summed E-state index contributed by atoms with van der Waals surface area (Å²) in [7, 11) is 4.05. The Labute approximate surface area is 189 Å². The average Bonchev–Trinajstić information content (AvgIpc) is 3.34. The zero-order valence-corrected chi connectivity index (χ0v) is 18.7. The third kappa shape index (κ3) is 3.86. The molecule has 3 heterocycles. The molecule has 0 radical (unpaired) electrons. The zero-order valence-electron chi connectivity index (χ0n) is 18.7. The SMILES string of the molecule is CNc1nc(C2CCN(C(=O)c3ccccc3-c3ccccc3)C2)nc2c1CN(C)CC2. The number of amides is 1. The predicted octanol–water partition coefficient (Wildman–Crippen LogP) is 3.80. The van der Waals surface area contributed by atoms with Crippen LogP contribution < -0.4 is 5.32 Å². The molecule has 2 aliphatic rings. The van der Waals surface area contributed by atoms with E-state index in [0.29, 0.717) is 6.54 Å². The zero-order chi connectivity index (χ0) is 22.1. The van der Waals surface area contributed by atoms with Crippen molar-refractivity contribution >= 4 is 11.7 Å². The summed E-state index contributed by atoms with van der Waals surface area (Å²) in [6.45, 7) is 3.27. The van der Waals surface area contributed by atoms with E-state index in [1.165, 1.54) is 5.56 Å². The fraction of sp³-hybridized carbons (Fsp3) is 0.346. The molecule has 0 spiro atoms. The molecule has 1 N–H and O–H groups in total. The van der Waals surface area contributed by atoms with Crippen molar-refractivity contribution in [2.45, 2.75) is 25.3 Å². The number of fused-ring (bicyclic) bond motifs is 1. The molecule has 0 saturated carbocycles. The fourth-order valence-electron chi connectivity index (χ4n) is 4.82. The maximum Gasteiger partial charge on any atom is 0.254 e. The van der Waals surface area contributed by atoms with Gasteiger partial charge in [-0.15, -0.1) is 0 Å². The summed E-state index contributed by atoms with van der Waals surface area (Å²) in [6, 6.07) is 18.0. The Bertz CT molecular complexity index is 1110. The number of carbonyl (C=O) groups excluding carboxylic acids is 1. The standard InChI is InChI=1S/C26H29N5O/c1-27-25-22-17-30(2)14-13-23(22)28-24(29-25)19-12-15-31(16-19)26(32)21-11-7-6-10-20(21)18-8-4-3-5-9-18/h3-11,19H,12-17H2,1-2H3,(H,27,28,29). The number of aromatic nitrogens is 2. The lowest BCUT2D eigenvalue weighted by molar-refractivity contribution is 0.0791. The molecule has 1 aromatic heterocycles. The van der Waals surface area contributed by atoms with Gasteiger partial charge in [-0.05, 0) is 30.7 Å². The smallest absolute Gasteiger partial charge is 0.254 e. The third-order valence-electron chi connectivity index (χ3n) is 6.59. The van der Waals surface area contributed by atoms with E-state index in [9.17, 15) is 4.79 Å². The van der Waals surface area contributed by atoms with Gasteiger partial charge in [0.05, 0.1) is 5.69 Å². The number of nitrogens with one attached hydrogen (secondary N) is 1. The Morgan fingerprint density at radius 1 is 1.03 bits per heavy atom. The van der Waals surface area contributed by atoms with Gasteiger partial charge in [0.25, 0.3) is 5.91 Å². The molecule has 2 aliphatic heterocycles. The number of likely N-dealkylation sites (N-methyl/N-ethyl adjacent to an activating group) is 1. The maximum atomic E-state index is 13.5. The van der Waals surface area contributed by atoms with Crippen molar-refractivity contribution in [2.75, 3.05) is 39.0 Å². The largest absolute Gasteiger partial charge is 0.373 e. The van der Waals surface area contributed by atoms with Crippen LogP contribution in [-0.4, -0.2) is 59.4 Å². The van der Waals surface area contributed by atoms with Crippen LogP contribution in [0.2, 0.25) is 0 Å². The van der Waals surface area contributed by atoms with Crippen LogP contribution >= 0.6 is 0 Å². The second kappa shape index (κ2) is 8.71. The van der Waals surface area contributed by atoms with Gasteiger partial charge < -0.3 is 15.1 Å². The quantitative estimate of drug-likeness (QED) is 0.686. The molecule has 1 amide bonds. The molecule has 0 bridgehead atoms. The second-order valence-electron chi connectivity index (χ2n) is 8.74. The molecule has 2 aromatic carbocycles. The predicted molar refractivity (Wildman–Crippen MR) is 127 cm³/mol. The van der Waals surface area contributed by atoms with Crippen molar-refractivity contribution in [3.8, 4) is 11.1 Å². The number of anilines is 1. The Balaban J connectivity index is 1.39. The first kappa shape index (κ1) is 20.6. The molecule has 6 nitrogen and oxygen atoms in total. The molecule has 6 heteroatoms. The van der Waals surface area contributed by atoms with E-state index in [-0.39, 0.29) is 11.8 Å². The van der Waals surface area contributed by atoms with Crippen LogP contribution in [0.1, 0.15) is 39.8 Å². The van der Waals surface area contributed by atoms with Gasteiger partial charge in [-0.1, -0.05) is 48.5 Å². The molecule has 1 saturated heterocycles. The van der Waals surface area contributed by atoms with Crippen LogP contribution in [-0.2, 0) is 13.0 Å². The fourth-order valence-corrected chi connectivity index (χ4v) is 4.82. The van der Waals surface area contributed by atoms with Crippen LogP contribution in [0.4, 0.5) is 5.82 Å². The van der Waals surface area contributed by atoms with E-state index in [4.69, 9.17) is 9.97 Å². The number of likely N-dealkylation sites (tertiary alicyclic amines) is 1. The van der Waals surface area contributed by atoms with Crippen LogP contribution in [0.3, 0.4) is 0 Å². The van der Waals surface area contributed by atoms with Gasteiger partial charge in [-0.3, -0.25) is 4.79 Å². The molecule has 164 valence electrons. The number of hydrogen-bond acceptors (Lipinski definition) is 5. The third-order valence-corrected chi connectivity index (χ3v) is 6.59. The molecular weight excluding hydrogens is 398 g/mol. The van der Waals surface area contributed by atoms with Crippen LogP contribution in [0.25, 0.3) is 11.1 Å². The molecule has 1 atom stereocenters. The summed E-state index contributed by atoms with van der Waals surface area (Å²) in [5.41, 5.74) is 5.15. The average molecular weight is 428 g/mol. The van der Waals surface area contributed by atoms with Crippen molar-refractivity contribution < 1.29 is 4.79 Å². The summed E-state index contributed by atoms with van der Waals surface area (Å²) >= 11 is 0. The lowest BCUT2D eigenvalue weighted by atomic mass is 9.99. The van der Waals surface area contributed by atoms with Gasteiger partial charge in [-0.2, -0.15) is 0 Å². The van der Waals surface area contributed by atoms with E-state index in [1.54, 1.807) is 0 Å².